The predicted octanol–water partition coefficient (Wildman–Crippen LogP) is 2.25. The minimum atomic E-state index is 0.620. The topological polar surface area (TPSA) is 66.5 Å². The molecule has 0 saturated heterocycles. The Labute approximate surface area is 106 Å². The van der Waals surface area contributed by atoms with Gasteiger partial charge in [-0.1, -0.05) is 19.3 Å². The van der Waals surface area contributed by atoms with Crippen LogP contribution in [-0.4, -0.2) is 26.0 Å². The van der Waals surface area contributed by atoms with Crippen LogP contribution in [0.2, 0.25) is 0 Å². The zero-order valence-electron chi connectivity index (χ0n) is 10.3. The Morgan fingerprint density at radius 1 is 1.17 bits per heavy atom. The van der Waals surface area contributed by atoms with E-state index in [-0.39, 0.29) is 0 Å². The van der Waals surface area contributed by atoms with Gasteiger partial charge in [0.05, 0.1) is 12.0 Å². The van der Waals surface area contributed by atoms with Gasteiger partial charge in [-0.15, -0.1) is 0 Å². The molecule has 0 atom stereocenters. The van der Waals surface area contributed by atoms with Gasteiger partial charge in [-0.05, 0) is 25.1 Å². The highest BCUT2D eigenvalue weighted by atomic mass is 15.0. The SMILES string of the molecule is C(=C/c1ncnc2nc[nH]c12)/NC1CCCCC1. The van der Waals surface area contributed by atoms with E-state index in [1.165, 1.54) is 32.1 Å². The summed E-state index contributed by atoms with van der Waals surface area (Å²) in [7, 11) is 0. The van der Waals surface area contributed by atoms with Crippen molar-refractivity contribution in [2.75, 3.05) is 0 Å². The van der Waals surface area contributed by atoms with Crippen molar-refractivity contribution in [3.05, 3.63) is 24.5 Å². The van der Waals surface area contributed by atoms with E-state index in [0.29, 0.717) is 11.7 Å². The molecule has 0 amide bonds. The van der Waals surface area contributed by atoms with Crippen LogP contribution in [0, 0.1) is 0 Å². The van der Waals surface area contributed by atoms with Crippen molar-refractivity contribution in [2.45, 2.75) is 38.1 Å². The van der Waals surface area contributed by atoms with Crippen molar-refractivity contribution in [3.8, 4) is 0 Å². The van der Waals surface area contributed by atoms with Crippen LogP contribution in [0.25, 0.3) is 17.2 Å². The van der Waals surface area contributed by atoms with E-state index in [9.17, 15) is 0 Å². The summed E-state index contributed by atoms with van der Waals surface area (Å²) >= 11 is 0. The van der Waals surface area contributed by atoms with Crippen LogP contribution >= 0.6 is 0 Å². The zero-order valence-corrected chi connectivity index (χ0v) is 10.3. The van der Waals surface area contributed by atoms with Crippen LogP contribution in [0.5, 0.6) is 0 Å². The number of aromatic nitrogens is 4. The molecule has 1 fully saturated rings. The number of aromatic amines is 1. The van der Waals surface area contributed by atoms with Gasteiger partial charge in [0.15, 0.2) is 5.65 Å². The highest BCUT2D eigenvalue weighted by Crippen LogP contribution is 2.17. The molecule has 0 aliphatic heterocycles. The second-order valence-corrected chi connectivity index (χ2v) is 4.69. The summed E-state index contributed by atoms with van der Waals surface area (Å²) in [5.74, 6) is 0. The third-order valence-corrected chi connectivity index (χ3v) is 3.43. The predicted molar refractivity (Wildman–Crippen MR) is 70.7 cm³/mol. The number of rotatable bonds is 3. The van der Waals surface area contributed by atoms with Gasteiger partial charge >= 0.3 is 0 Å². The molecule has 2 heterocycles. The fourth-order valence-corrected chi connectivity index (χ4v) is 2.44. The summed E-state index contributed by atoms with van der Waals surface area (Å²) in [6, 6.07) is 0.620. The molecule has 94 valence electrons. The number of hydrogen-bond acceptors (Lipinski definition) is 4. The smallest absolute Gasteiger partial charge is 0.181 e. The monoisotopic (exact) mass is 243 g/mol. The first-order valence-corrected chi connectivity index (χ1v) is 6.50. The number of imidazole rings is 1. The van der Waals surface area contributed by atoms with E-state index in [0.717, 1.165) is 11.2 Å². The Morgan fingerprint density at radius 3 is 2.94 bits per heavy atom. The molecule has 2 aromatic rings. The summed E-state index contributed by atoms with van der Waals surface area (Å²) in [4.78, 5) is 15.5. The number of nitrogens with zero attached hydrogens (tertiary/aromatic N) is 3. The normalized spacial score (nSPS) is 17.6. The molecule has 1 saturated carbocycles. The van der Waals surface area contributed by atoms with Crippen molar-refractivity contribution >= 4 is 17.2 Å². The van der Waals surface area contributed by atoms with E-state index in [1.54, 1.807) is 12.7 Å². The van der Waals surface area contributed by atoms with Crippen LogP contribution < -0.4 is 5.32 Å². The van der Waals surface area contributed by atoms with Crippen LogP contribution in [0.3, 0.4) is 0 Å². The summed E-state index contributed by atoms with van der Waals surface area (Å²) in [6.07, 6.45) is 13.8. The van der Waals surface area contributed by atoms with Gasteiger partial charge in [-0.3, -0.25) is 0 Å². The van der Waals surface area contributed by atoms with Gasteiger partial charge in [-0.2, -0.15) is 0 Å². The lowest BCUT2D eigenvalue weighted by Gasteiger charge is -2.21. The van der Waals surface area contributed by atoms with Crippen molar-refractivity contribution in [1.82, 2.24) is 25.3 Å². The summed E-state index contributed by atoms with van der Waals surface area (Å²) < 4.78 is 0. The Kier molecular flexibility index (Phi) is 3.21. The van der Waals surface area contributed by atoms with E-state index < -0.39 is 0 Å². The molecule has 0 spiro atoms. The van der Waals surface area contributed by atoms with E-state index in [1.807, 2.05) is 12.3 Å². The largest absolute Gasteiger partial charge is 0.388 e. The number of hydrogen-bond donors (Lipinski definition) is 2. The second-order valence-electron chi connectivity index (χ2n) is 4.69. The van der Waals surface area contributed by atoms with Crippen molar-refractivity contribution in [2.24, 2.45) is 0 Å². The Balaban J connectivity index is 1.69. The van der Waals surface area contributed by atoms with Crippen molar-refractivity contribution in [1.29, 1.82) is 0 Å². The molecule has 18 heavy (non-hydrogen) atoms. The van der Waals surface area contributed by atoms with E-state index >= 15 is 0 Å². The van der Waals surface area contributed by atoms with Crippen LogP contribution in [0.15, 0.2) is 18.9 Å². The maximum absolute atomic E-state index is 4.25. The number of H-pyrrole nitrogens is 1. The molecule has 2 N–H and O–H groups in total. The van der Waals surface area contributed by atoms with Crippen molar-refractivity contribution in [3.63, 3.8) is 0 Å². The third-order valence-electron chi connectivity index (χ3n) is 3.43. The van der Waals surface area contributed by atoms with E-state index in [2.05, 4.69) is 25.3 Å². The number of fused-ring (bicyclic) bond motifs is 1. The minimum Gasteiger partial charge on any atom is -0.388 e. The highest BCUT2D eigenvalue weighted by molar-refractivity contribution is 5.78. The Hall–Kier alpha value is -1.91. The lowest BCUT2D eigenvalue weighted by atomic mass is 9.96. The minimum absolute atomic E-state index is 0.620. The molecule has 3 rings (SSSR count). The molecular formula is C13H17N5. The van der Waals surface area contributed by atoms with Gasteiger partial charge in [0.2, 0.25) is 0 Å². The first-order chi connectivity index (χ1) is 8.93. The molecule has 1 aliphatic rings. The van der Waals surface area contributed by atoms with Gasteiger partial charge < -0.3 is 10.3 Å². The number of nitrogens with one attached hydrogen (secondary N) is 2. The summed E-state index contributed by atoms with van der Waals surface area (Å²) in [5.41, 5.74) is 2.47. The molecule has 0 bridgehead atoms. The molecule has 2 aromatic heterocycles. The lowest BCUT2D eigenvalue weighted by molar-refractivity contribution is 0.405. The average Bonchev–Trinajstić information content (AvgIpc) is 2.89. The fourth-order valence-electron chi connectivity index (χ4n) is 2.44. The lowest BCUT2D eigenvalue weighted by Crippen LogP contribution is -2.26. The highest BCUT2D eigenvalue weighted by Gasteiger charge is 2.10. The summed E-state index contributed by atoms with van der Waals surface area (Å²) in [5, 5.41) is 3.45. The Bertz CT molecular complexity index is 539. The fraction of sp³-hybridized carbons (Fsp3) is 0.462. The van der Waals surface area contributed by atoms with Crippen LogP contribution in [0.4, 0.5) is 0 Å². The first-order valence-electron chi connectivity index (χ1n) is 6.50. The van der Waals surface area contributed by atoms with E-state index in [4.69, 9.17) is 0 Å². The third kappa shape index (κ3) is 2.34. The maximum Gasteiger partial charge on any atom is 0.181 e. The summed E-state index contributed by atoms with van der Waals surface area (Å²) in [6.45, 7) is 0. The van der Waals surface area contributed by atoms with Gasteiger partial charge in [-0.25, -0.2) is 15.0 Å². The second kappa shape index (κ2) is 5.16. The van der Waals surface area contributed by atoms with Gasteiger partial charge in [0, 0.05) is 6.04 Å². The van der Waals surface area contributed by atoms with Crippen LogP contribution in [-0.2, 0) is 0 Å². The molecule has 1 aliphatic carbocycles. The molecule has 0 unspecified atom stereocenters. The quantitative estimate of drug-likeness (QED) is 0.867. The van der Waals surface area contributed by atoms with Crippen molar-refractivity contribution < 1.29 is 0 Å². The Morgan fingerprint density at radius 2 is 2.06 bits per heavy atom. The molecule has 0 radical (unpaired) electrons. The average molecular weight is 243 g/mol. The van der Waals surface area contributed by atoms with Crippen LogP contribution in [0.1, 0.15) is 37.8 Å². The molecule has 0 aromatic carbocycles. The molecule has 5 heteroatoms. The first kappa shape index (κ1) is 11.2. The molecular weight excluding hydrogens is 226 g/mol. The van der Waals surface area contributed by atoms with Gasteiger partial charge in [0.25, 0.3) is 0 Å². The zero-order chi connectivity index (χ0) is 12.2. The maximum atomic E-state index is 4.25. The molecule has 5 nitrogen and oxygen atoms in total. The standard InChI is InChI=1S/C13H17N5/c1-2-4-10(5-3-1)14-7-6-11-12-13(17-8-15-11)18-9-16-12/h6-10,14H,1-5H2,(H,15,16,17,18)/b7-6-. The van der Waals surface area contributed by atoms with Gasteiger partial charge in [0.1, 0.15) is 11.8 Å².